The van der Waals surface area contributed by atoms with Crippen LogP contribution in [0.3, 0.4) is 0 Å². The zero-order valence-electron chi connectivity index (χ0n) is 9.85. The first kappa shape index (κ1) is 16.3. The second-order valence-electron chi connectivity index (χ2n) is 4.26. The van der Waals surface area contributed by atoms with Crippen molar-refractivity contribution in [1.29, 1.82) is 0 Å². The van der Waals surface area contributed by atoms with Crippen LogP contribution in [-0.2, 0) is 0 Å². The maximum absolute atomic E-state index is 12.7. The van der Waals surface area contributed by atoms with Gasteiger partial charge >= 0.3 is 0 Å². The summed E-state index contributed by atoms with van der Waals surface area (Å²) < 4.78 is 12.7. The Morgan fingerprint density at radius 3 is 2.12 bits per heavy atom. The molecule has 0 saturated carbocycles. The van der Waals surface area contributed by atoms with Gasteiger partial charge in [0.15, 0.2) is 0 Å². The van der Waals surface area contributed by atoms with E-state index in [0.29, 0.717) is 0 Å². The van der Waals surface area contributed by atoms with Crippen LogP contribution in [0.2, 0.25) is 5.02 Å². The molecule has 1 aromatic rings. The molecule has 1 aromatic carbocycles. The molecule has 1 rings (SSSR count). The monoisotopic (exact) mass is 280 g/mol. The van der Waals surface area contributed by atoms with Crippen molar-refractivity contribution in [3.8, 4) is 0 Å². The molecule has 6 heteroatoms. The first-order valence-corrected chi connectivity index (χ1v) is 5.56. The fourth-order valence-corrected chi connectivity index (χ4v) is 1.17. The van der Waals surface area contributed by atoms with E-state index in [1.54, 1.807) is 0 Å². The standard InChI is InChI=1S/C7H3Cl2FO.C4H12N2/c8-4-2-1-3-5(10)6(4)7(9)11;1-4(2,3)6-5/h1-3H;6H,5H2,1-3H3. The lowest BCUT2D eigenvalue weighted by Crippen LogP contribution is -2.41. The Kier molecular flexibility index (Phi) is 6.64. The van der Waals surface area contributed by atoms with Crippen molar-refractivity contribution in [2.75, 3.05) is 0 Å². The number of hydrogen-bond donors (Lipinski definition) is 2. The van der Waals surface area contributed by atoms with Crippen LogP contribution in [-0.4, -0.2) is 10.8 Å². The van der Waals surface area contributed by atoms with Gasteiger partial charge in [0.05, 0.1) is 10.6 Å². The van der Waals surface area contributed by atoms with E-state index in [1.165, 1.54) is 12.1 Å². The van der Waals surface area contributed by atoms with Gasteiger partial charge in [-0.05, 0) is 44.5 Å². The van der Waals surface area contributed by atoms with Gasteiger partial charge in [-0.15, -0.1) is 0 Å². The topological polar surface area (TPSA) is 55.1 Å². The Morgan fingerprint density at radius 2 is 1.88 bits per heavy atom. The molecule has 0 heterocycles. The summed E-state index contributed by atoms with van der Waals surface area (Å²) in [6.07, 6.45) is 0. The van der Waals surface area contributed by atoms with Gasteiger partial charge in [0, 0.05) is 5.54 Å². The third-order valence-electron chi connectivity index (χ3n) is 1.59. The number of halogens is 3. The highest BCUT2D eigenvalue weighted by Crippen LogP contribution is 2.20. The Hall–Kier alpha value is -0.680. The lowest BCUT2D eigenvalue weighted by atomic mass is 10.1. The van der Waals surface area contributed by atoms with E-state index >= 15 is 0 Å². The highest BCUT2D eigenvalue weighted by atomic mass is 35.5. The Bertz CT molecular complexity index is 371. The molecule has 0 aromatic heterocycles. The number of nitrogens with two attached hydrogens (primary N) is 1. The number of benzene rings is 1. The van der Waals surface area contributed by atoms with E-state index in [0.717, 1.165) is 6.07 Å². The number of hydrazine groups is 1. The fourth-order valence-electron chi connectivity index (χ4n) is 0.686. The maximum atomic E-state index is 12.7. The predicted octanol–water partition coefficient (Wildman–Crippen LogP) is 3.11. The molecule has 96 valence electrons. The zero-order valence-corrected chi connectivity index (χ0v) is 11.4. The first-order chi connectivity index (χ1) is 7.69. The summed E-state index contributed by atoms with van der Waals surface area (Å²) in [6, 6.07) is 3.93. The van der Waals surface area contributed by atoms with Crippen molar-refractivity contribution in [2.45, 2.75) is 26.3 Å². The van der Waals surface area contributed by atoms with Crippen LogP contribution in [0, 0.1) is 5.82 Å². The van der Waals surface area contributed by atoms with Crippen molar-refractivity contribution in [3.05, 3.63) is 34.6 Å². The molecule has 0 radical (unpaired) electrons. The van der Waals surface area contributed by atoms with Gasteiger partial charge in [0.1, 0.15) is 5.82 Å². The molecule has 0 amide bonds. The van der Waals surface area contributed by atoms with Gasteiger partial charge < -0.3 is 0 Å². The quantitative estimate of drug-likeness (QED) is 0.472. The molecule has 0 atom stereocenters. The van der Waals surface area contributed by atoms with Crippen LogP contribution in [0.15, 0.2) is 18.2 Å². The average molecular weight is 281 g/mol. The van der Waals surface area contributed by atoms with E-state index in [1.807, 2.05) is 20.8 Å². The highest BCUT2D eigenvalue weighted by molar-refractivity contribution is 6.68. The van der Waals surface area contributed by atoms with Gasteiger partial charge in [0.2, 0.25) is 0 Å². The Labute approximate surface area is 110 Å². The zero-order chi connectivity index (χ0) is 13.6. The largest absolute Gasteiger partial charge is 0.275 e. The van der Waals surface area contributed by atoms with Gasteiger partial charge in [-0.3, -0.25) is 16.1 Å². The molecular formula is C11H15Cl2FN2O. The van der Waals surface area contributed by atoms with Gasteiger partial charge in [0.25, 0.3) is 5.24 Å². The van der Waals surface area contributed by atoms with Crippen molar-refractivity contribution >= 4 is 28.4 Å². The number of rotatable bonds is 1. The molecular weight excluding hydrogens is 266 g/mol. The minimum atomic E-state index is -0.881. The van der Waals surface area contributed by atoms with Gasteiger partial charge in [-0.25, -0.2) is 4.39 Å². The van der Waals surface area contributed by atoms with Crippen LogP contribution in [0.25, 0.3) is 0 Å². The smallest absolute Gasteiger partial charge is 0.256 e. The van der Waals surface area contributed by atoms with Crippen molar-refractivity contribution < 1.29 is 9.18 Å². The van der Waals surface area contributed by atoms with E-state index in [2.05, 4.69) is 5.43 Å². The first-order valence-electron chi connectivity index (χ1n) is 4.80. The van der Waals surface area contributed by atoms with Crippen LogP contribution >= 0.6 is 23.2 Å². The van der Waals surface area contributed by atoms with Gasteiger partial charge in [-0.2, -0.15) is 0 Å². The molecule has 0 spiro atoms. The third kappa shape index (κ3) is 6.58. The molecule has 3 nitrogen and oxygen atoms in total. The summed E-state index contributed by atoms with van der Waals surface area (Å²) in [4.78, 5) is 10.5. The number of carbonyl (C=O) groups excluding carboxylic acids is 1. The van der Waals surface area contributed by atoms with Crippen LogP contribution in [0.1, 0.15) is 31.1 Å². The Balaban J connectivity index is 0.000000366. The normalized spacial score (nSPS) is 10.5. The molecule has 0 aliphatic carbocycles. The summed E-state index contributed by atoms with van der Waals surface area (Å²) in [5.41, 5.74) is 2.41. The van der Waals surface area contributed by atoms with Crippen LogP contribution in [0.5, 0.6) is 0 Å². The molecule has 17 heavy (non-hydrogen) atoms. The van der Waals surface area contributed by atoms with Crippen molar-refractivity contribution in [2.24, 2.45) is 5.84 Å². The molecule has 0 aliphatic rings. The average Bonchev–Trinajstić information content (AvgIpc) is 2.16. The van der Waals surface area contributed by atoms with Crippen LogP contribution in [0.4, 0.5) is 4.39 Å². The van der Waals surface area contributed by atoms with Gasteiger partial charge in [-0.1, -0.05) is 17.7 Å². The number of nitrogens with one attached hydrogen (secondary N) is 1. The maximum Gasteiger partial charge on any atom is 0.256 e. The second-order valence-corrected chi connectivity index (χ2v) is 5.02. The molecule has 3 N–H and O–H groups in total. The lowest BCUT2D eigenvalue weighted by Gasteiger charge is -2.14. The summed E-state index contributed by atoms with van der Waals surface area (Å²) in [5, 5.41) is -0.849. The summed E-state index contributed by atoms with van der Waals surface area (Å²) in [7, 11) is 0. The van der Waals surface area contributed by atoms with Crippen molar-refractivity contribution in [3.63, 3.8) is 0 Å². The summed E-state index contributed by atoms with van der Waals surface area (Å²) >= 11 is 10.5. The molecule has 0 unspecified atom stereocenters. The lowest BCUT2D eigenvalue weighted by molar-refractivity contribution is 0.107. The summed E-state index contributed by atoms with van der Waals surface area (Å²) in [6.45, 7) is 6.02. The number of carbonyl (C=O) groups is 1. The van der Waals surface area contributed by atoms with E-state index in [9.17, 15) is 9.18 Å². The molecule has 0 fully saturated rings. The third-order valence-corrected chi connectivity index (χ3v) is 2.10. The number of hydrogen-bond acceptors (Lipinski definition) is 3. The molecule has 0 saturated heterocycles. The van der Waals surface area contributed by atoms with Crippen LogP contribution < -0.4 is 11.3 Å². The fraction of sp³-hybridized carbons (Fsp3) is 0.364. The second kappa shape index (κ2) is 6.91. The SMILES string of the molecule is CC(C)(C)NN.O=C(Cl)c1c(F)cccc1Cl. The molecule has 0 aliphatic heterocycles. The van der Waals surface area contributed by atoms with Crippen molar-refractivity contribution in [1.82, 2.24) is 5.43 Å². The van der Waals surface area contributed by atoms with E-state index < -0.39 is 11.1 Å². The molecule has 0 bridgehead atoms. The summed E-state index contributed by atoms with van der Waals surface area (Å²) in [5.74, 6) is 4.36. The predicted molar refractivity (Wildman–Crippen MR) is 68.7 cm³/mol. The Morgan fingerprint density at radius 1 is 1.41 bits per heavy atom. The minimum Gasteiger partial charge on any atom is -0.275 e. The van der Waals surface area contributed by atoms with E-state index in [4.69, 9.17) is 29.0 Å². The van der Waals surface area contributed by atoms with E-state index in [-0.39, 0.29) is 16.1 Å². The highest BCUT2D eigenvalue weighted by Gasteiger charge is 2.12. The minimum absolute atomic E-state index is 0.0324.